The Morgan fingerprint density at radius 3 is 2.58 bits per heavy atom. The molecule has 0 aromatic heterocycles. The van der Waals surface area contributed by atoms with Gasteiger partial charge in [-0.15, -0.1) is 0 Å². The zero-order chi connectivity index (χ0) is 14.1. The Labute approximate surface area is 114 Å². The van der Waals surface area contributed by atoms with E-state index in [9.17, 15) is 4.79 Å². The highest BCUT2D eigenvalue weighted by molar-refractivity contribution is 5.70. The molecule has 2 atom stereocenters. The second kappa shape index (κ2) is 8.67. The Bertz CT molecular complexity index is 364. The normalized spacial score (nSPS) is 13.8. The van der Waals surface area contributed by atoms with Gasteiger partial charge in [0.1, 0.15) is 0 Å². The standard InChI is InChI=1S/C15H22O4/c1-3-18-15(17)11-14(19-12(2)9-10-16)13-7-5-4-6-8-13/h4-8,12,14,16H,3,9-11H2,1-2H3/t12-,14-/m0/s1. The molecule has 19 heavy (non-hydrogen) atoms. The van der Waals surface area contributed by atoms with Gasteiger partial charge in [0.05, 0.1) is 25.2 Å². The molecule has 0 saturated heterocycles. The Balaban J connectivity index is 2.70. The predicted molar refractivity (Wildman–Crippen MR) is 72.7 cm³/mol. The Morgan fingerprint density at radius 2 is 2.00 bits per heavy atom. The summed E-state index contributed by atoms with van der Waals surface area (Å²) < 4.78 is 10.8. The molecule has 0 heterocycles. The van der Waals surface area contributed by atoms with E-state index in [-0.39, 0.29) is 31.2 Å². The van der Waals surface area contributed by atoms with Crippen LogP contribution in [0.1, 0.15) is 38.4 Å². The number of aliphatic hydroxyl groups excluding tert-OH is 1. The van der Waals surface area contributed by atoms with Crippen molar-refractivity contribution in [1.29, 1.82) is 0 Å². The van der Waals surface area contributed by atoms with Gasteiger partial charge < -0.3 is 14.6 Å². The van der Waals surface area contributed by atoms with E-state index in [1.54, 1.807) is 6.92 Å². The SMILES string of the molecule is CCOC(=O)C[C@H](O[C@@H](C)CCO)c1ccccc1. The van der Waals surface area contributed by atoms with Gasteiger partial charge in [-0.2, -0.15) is 0 Å². The van der Waals surface area contributed by atoms with Crippen molar-refractivity contribution in [2.75, 3.05) is 13.2 Å². The van der Waals surface area contributed by atoms with Gasteiger partial charge in [-0.05, 0) is 25.8 Å². The molecular formula is C15H22O4. The van der Waals surface area contributed by atoms with E-state index >= 15 is 0 Å². The molecule has 0 aliphatic heterocycles. The summed E-state index contributed by atoms with van der Waals surface area (Å²) in [6.45, 7) is 4.11. The number of rotatable bonds is 8. The summed E-state index contributed by atoms with van der Waals surface area (Å²) in [5.41, 5.74) is 0.945. The van der Waals surface area contributed by atoms with Gasteiger partial charge in [-0.3, -0.25) is 4.79 Å². The lowest BCUT2D eigenvalue weighted by Gasteiger charge is -2.22. The summed E-state index contributed by atoms with van der Waals surface area (Å²) >= 11 is 0. The summed E-state index contributed by atoms with van der Waals surface area (Å²) in [5.74, 6) is -0.271. The molecular weight excluding hydrogens is 244 g/mol. The molecule has 0 radical (unpaired) electrons. The van der Waals surface area contributed by atoms with Crippen molar-refractivity contribution in [1.82, 2.24) is 0 Å². The molecule has 106 valence electrons. The number of hydrogen-bond acceptors (Lipinski definition) is 4. The average molecular weight is 266 g/mol. The van der Waals surface area contributed by atoms with Crippen LogP contribution in [0.15, 0.2) is 30.3 Å². The summed E-state index contributed by atoms with van der Waals surface area (Å²) in [5, 5.41) is 8.91. The first-order valence-electron chi connectivity index (χ1n) is 6.64. The molecule has 0 aliphatic carbocycles. The monoisotopic (exact) mass is 266 g/mol. The van der Waals surface area contributed by atoms with Crippen LogP contribution >= 0.6 is 0 Å². The van der Waals surface area contributed by atoms with Gasteiger partial charge in [0.25, 0.3) is 0 Å². The van der Waals surface area contributed by atoms with Crippen LogP contribution in [0.2, 0.25) is 0 Å². The van der Waals surface area contributed by atoms with E-state index in [4.69, 9.17) is 14.6 Å². The van der Waals surface area contributed by atoms with Crippen molar-refractivity contribution in [2.45, 2.75) is 38.9 Å². The van der Waals surface area contributed by atoms with Crippen molar-refractivity contribution in [3.05, 3.63) is 35.9 Å². The van der Waals surface area contributed by atoms with Crippen LogP contribution in [0.25, 0.3) is 0 Å². The first kappa shape index (κ1) is 15.7. The van der Waals surface area contributed by atoms with Crippen LogP contribution in [0, 0.1) is 0 Å². The third kappa shape index (κ3) is 5.85. The number of carbonyl (C=O) groups is 1. The first-order chi connectivity index (χ1) is 9.17. The maximum atomic E-state index is 11.6. The molecule has 1 N–H and O–H groups in total. The minimum Gasteiger partial charge on any atom is -0.466 e. The van der Waals surface area contributed by atoms with Crippen LogP contribution in [0.3, 0.4) is 0 Å². The number of esters is 1. The van der Waals surface area contributed by atoms with Crippen LogP contribution < -0.4 is 0 Å². The molecule has 0 bridgehead atoms. The smallest absolute Gasteiger partial charge is 0.308 e. The van der Waals surface area contributed by atoms with Gasteiger partial charge in [-0.1, -0.05) is 30.3 Å². The van der Waals surface area contributed by atoms with Crippen molar-refractivity contribution >= 4 is 5.97 Å². The molecule has 1 rings (SSSR count). The van der Waals surface area contributed by atoms with Gasteiger partial charge in [-0.25, -0.2) is 0 Å². The maximum Gasteiger partial charge on any atom is 0.308 e. The van der Waals surface area contributed by atoms with Crippen LogP contribution in [0.4, 0.5) is 0 Å². The van der Waals surface area contributed by atoms with E-state index < -0.39 is 0 Å². The number of ether oxygens (including phenoxy) is 2. The zero-order valence-corrected chi connectivity index (χ0v) is 11.5. The molecule has 0 amide bonds. The van der Waals surface area contributed by atoms with Gasteiger partial charge in [0, 0.05) is 6.61 Å². The Morgan fingerprint density at radius 1 is 1.32 bits per heavy atom. The predicted octanol–water partition coefficient (Wildman–Crippen LogP) is 2.47. The molecule has 0 fully saturated rings. The lowest BCUT2D eigenvalue weighted by molar-refractivity contribution is -0.147. The molecule has 4 nitrogen and oxygen atoms in total. The van der Waals surface area contributed by atoms with Crippen LogP contribution in [-0.4, -0.2) is 30.4 Å². The molecule has 0 unspecified atom stereocenters. The highest BCUT2D eigenvalue weighted by atomic mass is 16.5. The second-order valence-electron chi connectivity index (χ2n) is 4.37. The minimum atomic E-state index is -0.332. The van der Waals surface area contributed by atoms with Crippen molar-refractivity contribution in [3.63, 3.8) is 0 Å². The molecule has 1 aromatic rings. The number of aliphatic hydroxyl groups is 1. The molecule has 0 aliphatic rings. The lowest BCUT2D eigenvalue weighted by Crippen LogP contribution is -2.19. The first-order valence-corrected chi connectivity index (χ1v) is 6.64. The number of hydrogen-bond donors (Lipinski definition) is 1. The average Bonchev–Trinajstić information content (AvgIpc) is 2.39. The molecule has 4 heteroatoms. The number of benzene rings is 1. The van der Waals surface area contributed by atoms with E-state index in [2.05, 4.69) is 0 Å². The van der Waals surface area contributed by atoms with Gasteiger partial charge >= 0.3 is 5.97 Å². The summed E-state index contributed by atoms with van der Waals surface area (Å²) in [7, 11) is 0. The third-order valence-corrected chi connectivity index (χ3v) is 2.76. The molecule has 1 aromatic carbocycles. The fourth-order valence-corrected chi connectivity index (χ4v) is 1.81. The Hall–Kier alpha value is -1.39. The summed E-state index contributed by atoms with van der Waals surface area (Å²) in [6, 6.07) is 9.59. The van der Waals surface area contributed by atoms with Crippen LogP contribution in [0.5, 0.6) is 0 Å². The van der Waals surface area contributed by atoms with E-state index in [0.717, 1.165) is 5.56 Å². The highest BCUT2D eigenvalue weighted by Gasteiger charge is 2.19. The fraction of sp³-hybridized carbons (Fsp3) is 0.533. The summed E-state index contributed by atoms with van der Waals surface area (Å²) in [6.07, 6.45) is 0.297. The quantitative estimate of drug-likeness (QED) is 0.734. The van der Waals surface area contributed by atoms with E-state index in [1.165, 1.54) is 0 Å². The van der Waals surface area contributed by atoms with E-state index in [0.29, 0.717) is 13.0 Å². The zero-order valence-electron chi connectivity index (χ0n) is 11.5. The topological polar surface area (TPSA) is 55.8 Å². The minimum absolute atomic E-state index is 0.0715. The molecule has 0 spiro atoms. The third-order valence-electron chi connectivity index (χ3n) is 2.76. The van der Waals surface area contributed by atoms with Gasteiger partial charge in [0.15, 0.2) is 0 Å². The van der Waals surface area contributed by atoms with E-state index in [1.807, 2.05) is 37.3 Å². The lowest BCUT2D eigenvalue weighted by atomic mass is 10.1. The largest absolute Gasteiger partial charge is 0.466 e. The van der Waals surface area contributed by atoms with Crippen LogP contribution in [-0.2, 0) is 14.3 Å². The maximum absolute atomic E-state index is 11.6. The highest BCUT2D eigenvalue weighted by Crippen LogP contribution is 2.24. The van der Waals surface area contributed by atoms with Crippen molar-refractivity contribution in [3.8, 4) is 0 Å². The Kier molecular flexibility index (Phi) is 7.15. The summed E-state index contributed by atoms with van der Waals surface area (Å²) in [4.78, 5) is 11.6. The van der Waals surface area contributed by atoms with Crippen molar-refractivity contribution < 1.29 is 19.4 Å². The molecule has 0 saturated carbocycles. The second-order valence-corrected chi connectivity index (χ2v) is 4.37. The van der Waals surface area contributed by atoms with Gasteiger partial charge in [0.2, 0.25) is 0 Å². The van der Waals surface area contributed by atoms with Crippen molar-refractivity contribution in [2.24, 2.45) is 0 Å². The number of carbonyl (C=O) groups excluding carboxylic acids is 1. The fourth-order valence-electron chi connectivity index (χ4n) is 1.81.